The molecule has 0 aromatic heterocycles. The van der Waals surface area contributed by atoms with Crippen molar-refractivity contribution in [2.45, 2.75) is 11.3 Å². The first kappa shape index (κ1) is 15.1. The first-order chi connectivity index (χ1) is 10.1. The number of carboxylic acid groups (broad SMARTS) is 1. The molecule has 0 aliphatic carbocycles. The van der Waals surface area contributed by atoms with Crippen molar-refractivity contribution in [2.75, 3.05) is 5.75 Å². The maximum absolute atomic E-state index is 10.9. The Bertz CT molecular complexity index is 672. The van der Waals surface area contributed by atoms with Crippen molar-refractivity contribution >= 4 is 23.4 Å². The molecule has 0 atom stereocenters. The topological polar surface area (TPSA) is 80.4 Å². The van der Waals surface area contributed by atoms with Gasteiger partial charge in [-0.05, 0) is 24.6 Å². The number of carboxylic acids is 1. The maximum Gasteiger partial charge on any atom is 0.335 e. The van der Waals surface area contributed by atoms with E-state index in [9.17, 15) is 14.9 Å². The van der Waals surface area contributed by atoms with Crippen molar-refractivity contribution in [2.24, 2.45) is 0 Å². The Hall–Kier alpha value is -2.34. The fourth-order valence-electron chi connectivity index (χ4n) is 1.90. The van der Waals surface area contributed by atoms with Crippen LogP contribution >= 0.6 is 11.8 Å². The average Bonchev–Trinajstić information content (AvgIpc) is 2.48. The molecule has 0 aliphatic heterocycles. The van der Waals surface area contributed by atoms with Gasteiger partial charge < -0.3 is 5.11 Å². The van der Waals surface area contributed by atoms with E-state index in [0.29, 0.717) is 17.7 Å². The Labute approximate surface area is 125 Å². The van der Waals surface area contributed by atoms with Crippen molar-refractivity contribution in [3.05, 3.63) is 69.8 Å². The van der Waals surface area contributed by atoms with Crippen LogP contribution < -0.4 is 0 Å². The third kappa shape index (κ3) is 4.06. The molecule has 0 radical (unpaired) electrons. The van der Waals surface area contributed by atoms with Crippen molar-refractivity contribution < 1.29 is 14.8 Å². The lowest BCUT2D eigenvalue weighted by Crippen LogP contribution is -1.97. The molecule has 108 valence electrons. The number of hydrogen-bond acceptors (Lipinski definition) is 4. The monoisotopic (exact) mass is 303 g/mol. The molecule has 0 aliphatic rings. The highest BCUT2D eigenvalue weighted by molar-refractivity contribution is 7.99. The van der Waals surface area contributed by atoms with E-state index >= 15 is 0 Å². The smallest absolute Gasteiger partial charge is 0.335 e. The number of nitro groups is 1. The zero-order valence-electron chi connectivity index (χ0n) is 11.1. The third-order valence-corrected chi connectivity index (χ3v) is 3.90. The molecule has 0 fully saturated rings. The normalized spacial score (nSPS) is 10.3. The van der Waals surface area contributed by atoms with Gasteiger partial charge in [-0.15, -0.1) is 11.8 Å². The summed E-state index contributed by atoms with van der Waals surface area (Å²) < 4.78 is 0. The quantitative estimate of drug-likeness (QED) is 0.500. The second kappa shape index (κ2) is 6.90. The number of benzene rings is 2. The van der Waals surface area contributed by atoms with E-state index in [1.54, 1.807) is 30.3 Å². The van der Waals surface area contributed by atoms with Gasteiger partial charge in [0.1, 0.15) is 0 Å². The second-order valence-corrected chi connectivity index (χ2v) is 5.49. The van der Waals surface area contributed by atoms with E-state index in [-0.39, 0.29) is 16.2 Å². The zero-order chi connectivity index (χ0) is 15.2. The largest absolute Gasteiger partial charge is 0.478 e. The molecule has 6 heteroatoms. The van der Waals surface area contributed by atoms with Crippen LogP contribution in [0.2, 0.25) is 0 Å². The van der Waals surface area contributed by atoms with Gasteiger partial charge in [0.15, 0.2) is 0 Å². The van der Waals surface area contributed by atoms with E-state index in [4.69, 9.17) is 5.11 Å². The summed E-state index contributed by atoms with van der Waals surface area (Å²) in [6.07, 6.45) is 0.555. The van der Waals surface area contributed by atoms with E-state index in [2.05, 4.69) is 0 Å². The van der Waals surface area contributed by atoms with Gasteiger partial charge in [0.25, 0.3) is 5.69 Å². The Kier molecular flexibility index (Phi) is 4.94. The number of rotatable bonds is 6. The number of nitro benzene ring substituents is 1. The average molecular weight is 303 g/mol. The Morgan fingerprint density at radius 3 is 2.67 bits per heavy atom. The SMILES string of the molecule is O=C(O)c1cccc(SCCc2ccccc2[N+](=O)[O-])c1. The van der Waals surface area contributed by atoms with Crippen LogP contribution in [0.3, 0.4) is 0 Å². The molecule has 0 bridgehead atoms. The fraction of sp³-hybridized carbons (Fsp3) is 0.133. The second-order valence-electron chi connectivity index (χ2n) is 4.32. The van der Waals surface area contributed by atoms with Gasteiger partial charge in [0.05, 0.1) is 10.5 Å². The molecular formula is C15H13NO4S. The molecule has 0 heterocycles. The van der Waals surface area contributed by atoms with Gasteiger partial charge in [0.2, 0.25) is 0 Å². The minimum atomic E-state index is -0.962. The number of hydrogen-bond donors (Lipinski definition) is 1. The van der Waals surface area contributed by atoms with Gasteiger partial charge in [-0.3, -0.25) is 10.1 Å². The number of aryl methyl sites for hydroxylation is 1. The number of aromatic carboxylic acids is 1. The molecule has 0 saturated carbocycles. The Morgan fingerprint density at radius 1 is 1.19 bits per heavy atom. The third-order valence-electron chi connectivity index (χ3n) is 2.91. The van der Waals surface area contributed by atoms with Crippen LogP contribution in [-0.4, -0.2) is 21.8 Å². The van der Waals surface area contributed by atoms with Crippen molar-refractivity contribution in [1.82, 2.24) is 0 Å². The Balaban J connectivity index is 2.00. The minimum Gasteiger partial charge on any atom is -0.478 e. The molecule has 2 aromatic rings. The zero-order valence-corrected chi connectivity index (χ0v) is 11.9. The van der Waals surface area contributed by atoms with Crippen molar-refractivity contribution in [1.29, 1.82) is 0 Å². The van der Waals surface area contributed by atoms with Crippen LogP contribution in [0.25, 0.3) is 0 Å². The molecule has 1 N–H and O–H groups in total. The maximum atomic E-state index is 10.9. The number of para-hydroxylation sites is 1. The highest BCUT2D eigenvalue weighted by Gasteiger charge is 2.12. The van der Waals surface area contributed by atoms with Crippen LogP contribution in [0, 0.1) is 10.1 Å². The summed E-state index contributed by atoms with van der Waals surface area (Å²) >= 11 is 1.48. The van der Waals surface area contributed by atoms with E-state index in [0.717, 1.165) is 4.90 Å². The standard InChI is InChI=1S/C15H13NO4S/c17-15(18)12-5-3-6-13(10-12)21-9-8-11-4-1-2-7-14(11)16(19)20/h1-7,10H,8-9H2,(H,17,18). The summed E-state index contributed by atoms with van der Waals surface area (Å²) in [5, 5.41) is 19.8. The van der Waals surface area contributed by atoms with Crippen molar-refractivity contribution in [3.8, 4) is 0 Å². The van der Waals surface area contributed by atoms with E-state index < -0.39 is 5.97 Å². The lowest BCUT2D eigenvalue weighted by Gasteiger charge is -2.04. The van der Waals surface area contributed by atoms with Gasteiger partial charge >= 0.3 is 5.97 Å². The molecule has 0 unspecified atom stereocenters. The molecular weight excluding hydrogens is 290 g/mol. The number of carbonyl (C=O) groups is 1. The molecule has 0 amide bonds. The fourth-order valence-corrected chi connectivity index (χ4v) is 2.84. The summed E-state index contributed by atoms with van der Waals surface area (Å²) in [6, 6.07) is 13.3. The van der Waals surface area contributed by atoms with Crippen LogP contribution in [0.5, 0.6) is 0 Å². The first-order valence-electron chi connectivity index (χ1n) is 6.26. The predicted molar refractivity (Wildman–Crippen MR) is 80.9 cm³/mol. The van der Waals surface area contributed by atoms with Crippen LogP contribution in [0.4, 0.5) is 5.69 Å². The van der Waals surface area contributed by atoms with Crippen molar-refractivity contribution in [3.63, 3.8) is 0 Å². The summed E-state index contributed by atoms with van der Waals surface area (Å²) in [7, 11) is 0. The lowest BCUT2D eigenvalue weighted by molar-refractivity contribution is -0.385. The van der Waals surface area contributed by atoms with Crippen LogP contribution in [0.1, 0.15) is 15.9 Å². The summed E-state index contributed by atoms with van der Waals surface area (Å²) in [4.78, 5) is 22.2. The lowest BCUT2D eigenvalue weighted by atomic mass is 10.1. The van der Waals surface area contributed by atoms with Gasteiger partial charge in [-0.25, -0.2) is 4.79 Å². The number of thioether (sulfide) groups is 1. The summed E-state index contributed by atoms with van der Waals surface area (Å²) in [5.74, 6) is -0.315. The van der Waals surface area contributed by atoms with Gasteiger partial charge in [0, 0.05) is 22.3 Å². The predicted octanol–water partition coefficient (Wildman–Crippen LogP) is 3.63. The Morgan fingerprint density at radius 2 is 1.95 bits per heavy atom. The van der Waals surface area contributed by atoms with E-state index in [1.807, 2.05) is 6.07 Å². The molecule has 0 saturated heterocycles. The molecule has 21 heavy (non-hydrogen) atoms. The van der Waals surface area contributed by atoms with Gasteiger partial charge in [-0.1, -0.05) is 24.3 Å². The summed E-state index contributed by atoms with van der Waals surface area (Å²) in [6.45, 7) is 0. The molecule has 0 spiro atoms. The molecule has 5 nitrogen and oxygen atoms in total. The highest BCUT2D eigenvalue weighted by Crippen LogP contribution is 2.23. The van der Waals surface area contributed by atoms with Crippen LogP contribution in [-0.2, 0) is 6.42 Å². The molecule has 2 rings (SSSR count). The van der Waals surface area contributed by atoms with Gasteiger partial charge in [-0.2, -0.15) is 0 Å². The highest BCUT2D eigenvalue weighted by atomic mass is 32.2. The summed E-state index contributed by atoms with van der Waals surface area (Å²) in [5.41, 5.74) is 1.05. The van der Waals surface area contributed by atoms with E-state index in [1.165, 1.54) is 23.9 Å². The van der Waals surface area contributed by atoms with Crippen LogP contribution in [0.15, 0.2) is 53.4 Å². The number of nitrogens with zero attached hydrogens (tertiary/aromatic N) is 1. The molecule has 2 aromatic carbocycles. The minimum absolute atomic E-state index is 0.123. The first-order valence-corrected chi connectivity index (χ1v) is 7.25.